The maximum Gasteiger partial charge on any atom is 0.214 e. The van der Waals surface area contributed by atoms with Gasteiger partial charge < -0.3 is 9.47 Å². The Hall–Kier alpha value is -2.36. The Morgan fingerprint density at radius 2 is 1.92 bits per heavy atom. The van der Waals surface area contributed by atoms with E-state index < -0.39 is 28.6 Å². The maximum absolute atomic E-state index is 10.2. The van der Waals surface area contributed by atoms with Gasteiger partial charge in [-0.15, -0.1) is 0 Å². The predicted molar refractivity (Wildman–Crippen MR) is 91.0 cm³/mol. The molecule has 1 saturated carbocycles. The minimum atomic E-state index is -1.74. The topological polar surface area (TPSA) is 114 Å². The molecular formula is C20H22N4O2. The first-order valence-corrected chi connectivity index (χ1v) is 9.30. The highest BCUT2D eigenvalue weighted by Gasteiger charge is 2.79. The Bertz CT molecular complexity index is 801. The Morgan fingerprint density at radius 1 is 1.19 bits per heavy atom. The molecule has 3 fully saturated rings. The number of rotatable bonds is 3. The minimum Gasteiger partial charge on any atom is -0.448 e. The van der Waals surface area contributed by atoms with Crippen molar-refractivity contribution in [3.63, 3.8) is 0 Å². The van der Waals surface area contributed by atoms with Crippen molar-refractivity contribution in [3.8, 4) is 18.2 Å². The van der Waals surface area contributed by atoms with Gasteiger partial charge in [0.25, 0.3) is 0 Å². The summed E-state index contributed by atoms with van der Waals surface area (Å²) in [7, 11) is 0. The molecule has 2 saturated heterocycles. The number of nitrogens with zero attached hydrogens (tertiary/aromatic N) is 3. The van der Waals surface area contributed by atoms with Crippen molar-refractivity contribution in [1.82, 2.24) is 0 Å². The van der Waals surface area contributed by atoms with Crippen LogP contribution in [0.15, 0.2) is 12.2 Å². The minimum absolute atomic E-state index is 0.00609. The molecule has 7 unspecified atom stereocenters. The van der Waals surface area contributed by atoms with Gasteiger partial charge in [0.1, 0.15) is 0 Å². The van der Waals surface area contributed by atoms with Gasteiger partial charge >= 0.3 is 0 Å². The summed E-state index contributed by atoms with van der Waals surface area (Å²) in [6.45, 7) is 3.74. The average Bonchev–Trinajstić information content (AvgIpc) is 3.29. The Kier molecular flexibility index (Phi) is 3.49. The van der Waals surface area contributed by atoms with Crippen LogP contribution in [0.5, 0.6) is 0 Å². The third kappa shape index (κ3) is 1.70. The van der Waals surface area contributed by atoms with Crippen LogP contribution in [0, 0.1) is 73.9 Å². The number of hydrogen-bond donors (Lipinski definition) is 1. The summed E-state index contributed by atoms with van der Waals surface area (Å²) in [6, 6.07) is 6.53. The molecule has 6 heteroatoms. The number of ether oxygens (including phenoxy) is 2. The van der Waals surface area contributed by atoms with Crippen LogP contribution < -0.4 is 0 Å². The number of hydrogen-bond acceptors (Lipinski definition) is 6. The molecular weight excluding hydrogens is 328 g/mol. The van der Waals surface area contributed by atoms with E-state index >= 15 is 0 Å². The van der Waals surface area contributed by atoms with Gasteiger partial charge in [0.05, 0.1) is 30.2 Å². The second-order valence-corrected chi connectivity index (χ2v) is 8.22. The smallest absolute Gasteiger partial charge is 0.214 e. The molecule has 0 aromatic heterocycles. The third-order valence-corrected chi connectivity index (χ3v) is 7.05. The lowest BCUT2D eigenvalue weighted by Gasteiger charge is -2.51. The fraction of sp³-hybridized carbons (Fsp3) is 0.700. The summed E-state index contributed by atoms with van der Waals surface area (Å²) in [5.74, 6) is -1.25. The quantitative estimate of drug-likeness (QED) is 0.785. The van der Waals surface area contributed by atoms with Gasteiger partial charge in [-0.05, 0) is 37.0 Å². The van der Waals surface area contributed by atoms with Crippen molar-refractivity contribution < 1.29 is 9.47 Å². The normalized spacial score (nSPS) is 47.0. The van der Waals surface area contributed by atoms with Crippen molar-refractivity contribution in [2.45, 2.75) is 51.4 Å². The van der Waals surface area contributed by atoms with Crippen molar-refractivity contribution in [3.05, 3.63) is 12.2 Å². The summed E-state index contributed by atoms with van der Waals surface area (Å²) >= 11 is 0. The van der Waals surface area contributed by atoms with Crippen molar-refractivity contribution in [1.29, 1.82) is 21.2 Å². The zero-order valence-electron chi connectivity index (χ0n) is 15.0. The molecule has 26 heavy (non-hydrogen) atoms. The van der Waals surface area contributed by atoms with Crippen molar-refractivity contribution in [2.75, 3.05) is 0 Å². The average molecular weight is 350 g/mol. The molecule has 2 aliphatic carbocycles. The first-order chi connectivity index (χ1) is 12.4. The van der Waals surface area contributed by atoms with Gasteiger partial charge in [0.15, 0.2) is 10.8 Å². The van der Waals surface area contributed by atoms with E-state index in [1.165, 1.54) is 0 Å². The molecule has 0 aromatic carbocycles. The summed E-state index contributed by atoms with van der Waals surface area (Å²) in [4.78, 5) is 0. The van der Waals surface area contributed by atoms with Crippen molar-refractivity contribution in [2.24, 2.45) is 34.5 Å². The van der Waals surface area contributed by atoms with E-state index in [4.69, 9.17) is 14.9 Å². The zero-order chi connectivity index (χ0) is 18.7. The standard InChI is InChI=1S/C20H22N4O2/c1-3-4-15-18(2)25-16(14-8-12-5-6-13(14)7-12)19(9-21,10-22)20(15,11-23)17(24)26-18/h5-6,12-16,24H,3-4,7-8H2,1-2H3. The molecule has 0 amide bonds. The fourth-order valence-electron chi connectivity index (χ4n) is 5.92. The van der Waals surface area contributed by atoms with Gasteiger partial charge in [0.2, 0.25) is 11.7 Å². The summed E-state index contributed by atoms with van der Waals surface area (Å²) in [6.07, 6.45) is 6.76. The van der Waals surface area contributed by atoms with E-state index in [-0.39, 0.29) is 17.7 Å². The molecule has 4 aliphatic rings. The van der Waals surface area contributed by atoms with Crippen LogP contribution in [0.1, 0.15) is 39.5 Å². The summed E-state index contributed by atoms with van der Waals surface area (Å²) in [5, 5.41) is 39.0. The first kappa shape index (κ1) is 17.1. The molecule has 0 spiro atoms. The van der Waals surface area contributed by atoms with Gasteiger partial charge in [-0.25, -0.2) is 0 Å². The van der Waals surface area contributed by atoms with Gasteiger partial charge in [-0.3, -0.25) is 5.41 Å². The fourth-order valence-corrected chi connectivity index (χ4v) is 5.92. The molecule has 0 radical (unpaired) electrons. The molecule has 134 valence electrons. The summed E-state index contributed by atoms with van der Waals surface area (Å²) in [5.41, 5.74) is -3.33. The lowest BCUT2D eigenvalue weighted by molar-refractivity contribution is -0.283. The van der Waals surface area contributed by atoms with E-state index in [1.54, 1.807) is 6.92 Å². The molecule has 2 heterocycles. The SMILES string of the molecule is CCCC1C2(C)OC(=N)C1(C#N)C(C#N)(C#N)C(C1CC3C=CC1C3)O2. The van der Waals surface area contributed by atoms with Crippen molar-refractivity contribution >= 4 is 5.90 Å². The molecule has 4 bridgehead atoms. The maximum atomic E-state index is 10.2. The van der Waals surface area contributed by atoms with Crippen LogP contribution in [0.3, 0.4) is 0 Å². The largest absolute Gasteiger partial charge is 0.448 e. The van der Waals surface area contributed by atoms with Crippen LogP contribution in [0.25, 0.3) is 0 Å². The van der Waals surface area contributed by atoms with Crippen LogP contribution in [0.4, 0.5) is 0 Å². The number of nitrogens with one attached hydrogen (secondary N) is 1. The lowest BCUT2D eigenvalue weighted by Crippen LogP contribution is -2.64. The number of allylic oxidation sites excluding steroid dienone is 2. The highest BCUT2D eigenvalue weighted by molar-refractivity contribution is 5.89. The van der Waals surface area contributed by atoms with E-state index in [0.717, 1.165) is 19.3 Å². The van der Waals surface area contributed by atoms with Gasteiger partial charge in [0, 0.05) is 6.92 Å². The summed E-state index contributed by atoms with van der Waals surface area (Å²) < 4.78 is 12.1. The Labute approximate surface area is 153 Å². The van der Waals surface area contributed by atoms with E-state index in [0.29, 0.717) is 12.3 Å². The number of fused-ring (bicyclic) bond motifs is 4. The molecule has 7 atom stereocenters. The predicted octanol–water partition coefficient (Wildman–Crippen LogP) is 3.28. The number of nitriles is 3. The van der Waals surface area contributed by atoms with E-state index in [1.807, 2.05) is 6.92 Å². The molecule has 0 aromatic rings. The second-order valence-electron chi connectivity index (χ2n) is 8.22. The van der Waals surface area contributed by atoms with Crippen LogP contribution >= 0.6 is 0 Å². The van der Waals surface area contributed by atoms with Crippen LogP contribution in [0.2, 0.25) is 0 Å². The van der Waals surface area contributed by atoms with E-state index in [9.17, 15) is 15.8 Å². The van der Waals surface area contributed by atoms with Crippen LogP contribution in [-0.2, 0) is 9.47 Å². The molecule has 6 nitrogen and oxygen atoms in total. The Morgan fingerprint density at radius 3 is 2.42 bits per heavy atom. The van der Waals surface area contributed by atoms with Gasteiger partial charge in [-0.2, -0.15) is 15.8 Å². The monoisotopic (exact) mass is 350 g/mol. The Balaban J connectivity index is 1.91. The van der Waals surface area contributed by atoms with E-state index in [2.05, 4.69) is 30.4 Å². The highest BCUT2D eigenvalue weighted by Crippen LogP contribution is 2.66. The second kappa shape index (κ2) is 5.32. The lowest BCUT2D eigenvalue weighted by atomic mass is 9.51. The van der Waals surface area contributed by atoms with Gasteiger partial charge in [-0.1, -0.05) is 25.5 Å². The first-order valence-electron chi connectivity index (χ1n) is 9.30. The molecule has 1 N–H and O–H groups in total. The highest BCUT2D eigenvalue weighted by atomic mass is 16.7. The molecule has 4 rings (SSSR count). The van der Waals surface area contributed by atoms with Crippen LogP contribution in [-0.4, -0.2) is 17.8 Å². The third-order valence-electron chi connectivity index (χ3n) is 7.05. The zero-order valence-corrected chi connectivity index (χ0v) is 15.0. The molecule has 2 aliphatic heterocycles.